The van der Waals surface area contributed by atoms with Crippen molar-refractivity contribution in [1.29, 1.82) is 0 Å². The minimum atomic E-state index is -0.175. The number of nitrogens with one attached hydrogen (secondary N) is 2. The van der Waals surface area contributed by atoms with Crippen LogP contribution in [0.25, 0.3) is 0 Å². The van der Waals surface area contributed by atoms with Crippen molar-refractivity contribution in [3.05, 3.63) is 64.7 Å². The lowest BCUT2D eigenvalue weighted by Gasteiger charge is -2.31. The van der Waals surface area contributed by atoms with Gasteiger partial charge in [-0.05, 0) is 68.8 Å². The lowest BCUT2D eigenvalue weighted by molar-refractivity contribution is -0.126. The number of amides is 2. The van der Waals surface area contributed by atoms with Crippen molar-refractivity contribution in [3.8, 4) is 5.75 Å². The summed E-state index contributed by atoms with van der Waals surface area (Å²) in [4.78, 5) is 27.1. The highest BCUT2D eigenvalue weighted by atomic mass is 35.5. The van der Waals surface area contributed by atoms with Crippen LogP contribution in [0.5, 0.6) is 5.75 Å². The Labute approximate surface area is 188 Å². The molecule has 166 valence electrons. The van der Waals surface area contributed by atoms with Crippen LogP contribution in [0.1, 0.15) is 35.7 Å². The van der Waals surface area contributed by atoms with Gasteiger partial charge in [0.15, 0.2) is 0 Å². The number of benzene rings is 2. The fraction of sp³-hybridized carbons (Fsp3) is 0.417. The van der Waals surface area contributed by atoms with Gasteiger partial charge < -0.3 is 15.4 Å². The van der Waals surface area contributed by atoms with Crippen molar-refractivity contribution in [2.45, 2.75) is 26.3 Å². The molecule has 1 aliphatic heterocycles. The van der Waals surface area contributed by atoms with Gasteiger partial charge in [0, 0.05) is 36.1 Å². The number of piperidine rings is 1. The van der Waals surface area contributed by atoms with Gasteiger partial charge in [-0.15, -0.1) is 0 Å². The molecule has 1 aliphatic rings. The van der Waals surface area contributed by atoms with E-state index in [0.717, 1.165) is 37.5 Å². The van der Waals surface area contributed by atoms with Crippen LogP contribution in [0.3, 0.4) is 0 Å². The van der Waals surface area contributed by atoms with Crippen LogP contribution in [0.4, 0.5) is 0 Å². The van der Waals surface area contributed by atoms with Crippen molar-refractivity contribution >= 4 is 23.4 Å². The van der Waals surface area contributed by atoms with Crippen LogP contribution in [0.15, 0.2) is 48.5 Å². The molecule has 0 aliphatic carbocycles. The lowest BCUT2D eigenvalue weighted by atomic mass is 9.95. The predicted molar refractivity (Wildman–Crippen MR) is 122 cm³/mol. The highest BCUT2D eigenvalue weighted by Gasteiger charge is 2.24. The monoisotopic (exact) mass is 443 g/mol. The molecule has 0 unspecified atom stereocenters. The third-order valence-corrected chi connectivity index (χ3v) is 5.65. The first-order valence-corrected chi connectivity index (χ1v) is 11.2. The van der Waals surface area contributed by atoms with E-state index in [2.05, 4.69) is 15.5 Å². The number of hydrogen-bond acceptors (Lipinski definition) is 4. The number of halogens is 1. The molecular formula is C24H30ClN3O3. The zero-order valence-corrected chi connectivity index (χ0v) is 18.7. The van der Waals surface area contributed by atoms with Gasteiger partial charge in [0.2, 0.25) is 5.91 Å². The summed E-state index contributed by atoms with van der Waals surface area (Å²) < 4.78 is 5.42. The van der Waals surface area contributed by atoms with Crippen molar-refractivity contribution in [2.24, 2.45) is 5.92 Å². The van der Waals surface area contributed by atoms with E-state index in [4.69, 9.17) is 16.3 Å². The molecule has 2 amide bonds. The number of carbonyl (C=O) groups excluding carboxylic acids is 2. The van der Waals surface area contributed by atoms with E-state index in [1.165, 1.54) is 5.56 Å². The standard InChI is InChI=1S/C24H30ClN3O3/c1-2-31-22-5-3-4-20(16-22)24(30)27-13-12-26-23(29)19-10-14-28(15-11-19)17-18-6-8-21(25)9-7-18/h3-9,16,19H,2,10-15,17H2,1H3,(H,26,29)(H,27,30). The Bertz CT molecular complexity index is 865. The third kappa shape index (κ3) is 7.26. The first-order valence-electron chi connectivity index (χ1n) is 10.8. The SMILES string of the molecule is CCOc1cccc(C(=O)NCCNC(=O)C2CCN(Cc3ccc(Cl)cc3)CC2)c1. The summed E-state index contributed by atoms with van der Waals surface area (Å²) in [5.41, 5.74) is 1.78. The molecule has 1 saturated heterocycles. The summed E-state index contributed by atoms with van der Waals surface area (Å²) in [5, 5.41) is 6.53. The minimum Gasteiger partial charge on any atom is -0.494 e. The summed E-state index contributed by atoms with van der Waals surface area (Å²) in [6.45, 7) is 5.93. The average molecular weight is 444 g/mol. The highest BCUT2D eigenvalue weighted by Crippen LogP contribution is 2.20. The van der Waals surface area contributed by atoms with E-state index in [1.54, 1.807) is 18.2 Å². The number of carbonyl (C=O) groups is 2. The number of hydrogen-bond donors (Lipinski definition) is 2. The van der Waals surface area contributed by atoms with Crippen LogP contribution in [0, 0.1) is 5.92 Å². The Kier molecular flexibility index (Phi) is 8.74. The maximum atomic E-state index is 12.5. The van der Waals surface area contributed by atoms with Crippen LogP contribution in [0.2, 0.25) is 5.02 Å². The second-order valence-corrected chi connectivity index (χ2v) is 8.12. The first-order chi connectivity index (χ1) is 15.0. The number of nitrogens with zero attached hydrogens (tertiary/aromatic N) is 1. The minimum absolute atomic E-state index is 0.0278. The fourth-order valence-corrected chi connectivity index (χ4v) is 3.83. The molecule has 0 atom stereocenters. The number of rotatable bonds is 9. The number of ether oxygens (including phenoxy) is 1. The fourth-order valence-electron chi connectivity index (χ4n) is 3.70. The van der Waals surface area contributed by atoms with Crippen LogP contribution in [-0.4, -0.2) is 49.5 Å². The van der Waals surface area contributed by atoms with E-state index in [0.29, 0.717) is 31.0 Å². The molecule has 3 rings (SSSR count). The molecule has 1 heterocycles. The molecule has 7 heteroatoms. The molecule has 2 aromatic rings. The smallest absolute Gasteiger partial charge is 0.251 e. The molecule has 1 fully saturated rings. The molecular weight excluding hydrogens is 414 g/mol. The topological polar surface area (TPSA) is 70.7 Å². The predicted octanol–water partition coefficient (Wildman–Crippen LogP) is 3.50. The quantitative estimate of drug-likeness (QED) is 0.582. The van der Waals surface area contributed by atoms with E-state index < -0.39 is 0 Å². The molecule has 0 bridgehead atoms. The van der Waals surface area contributed by atoms with E-state index in [1.807, 2.05) is 37.3 Å². The molecule has 0 saturated carbocycles. The van der Waals surface area contributed by atoms with Gasteiger partial charge in [-0.3, -0.25) is 14.5 Å². The summed E-state index contributed by atoms with van der Waals surface area (Å²) >= 11 is 5.94. The first kappa shape index (κ1) is 23.1. The molecule has 2 N–H and O–H groups in total. The summed E-state index contributed by atoms with van der Waals surface area (Å²) in [6.07, 6.45) is 1.69. The molecule has 6 nitrogen and oxygen atoms in total. The largest absolute Gasteiger partial charge is 0.494 e. The Balaban J connectivity index is 1.33. The molecule has 2 aromatic carbocycles. The van der Waals surface area contributed by atoms with Crippen LogP contribution < -0.4 is 15.4 Å². The van der Waals surface area contributed by atoms with Gasteiger partial charge in [0.25, 0.3) is 5.91 Å². The van der Waals surface area contributed by atoms with Gasteiger partial charge >= 0.3 is 0 Å². The Morgan fingerprint density at radius 1 is 1.06 bits per heavy atom. The molecule has 31 heavy (non-hydrogen) atoms. The highest BCUT2D eigenvalue weighted by molar-refractivity contribution is 6.30. The van der Waals surface area contributed by atoms with Gasteiger partial charge in [0.1, 0.15) is 5.75 Å². The maximum Gasteiger partial charge on any atom is 0.251 e. The van der Waals surface area contributed by atoms with Crippen molar-refractivity contribution in [2.75, 3.05) is 32.8 Å². The second-order valence-electron chi connectivity index (χ2n) is 7.68. The van der Waals surface area contributed by atoms with Crippen molar-refractivity contribution in [1.82, 2.24) is 15.5 Å². The zero-order chi connectivity index (χ0) is 22.1. The molecule has 0 spiro atoms. The maximum absolute atomic E-state index is 12.5. The Morgan fingerprint density at radius 3 is 2.48 bits per heavy atom. The van der Waals surface area contributed by atoms with Gasteiger partial charge in [0.05, 0.1) is 6.61 Å². The zero-order valence-electron chi connectivity index (χ0n) is 17.9. The lowest BCUT2D eigenvalue weighted by Crippen LogP contribution is -2.42. The van der Waals surface area contributed by atoms with Crippen molar-refractivity contribution in [3.63, 3.8) is 0 Å². The Hall–Kier alpha value is -2.57. The number of likely N-dealkylation sites (tertiary alicyclic amines) is 1. The molecule has 0 aromatic heterocycles. The van der Waals surface area contributed by atoms with E-state index >= 15 is 0 Å². The summed E-state index contributed by atoms with van der Waals surface area (Å²) in [6, 6.07) is 15.0. The van der Waals surface area contributed by atoms with Crippen LogP contribution >= 0.6 is 11.6 Å². The van der Waals surface area contributed by atoms with Crippen molar-refractivity contribution < 1.29 is 14.3 Å². The van der Waals surface area contributed by atoms with E-state index in [-0.39, 0.29) is 17.7 Å². The van der Waals surface area contributed by atoms with E-state index in [9.17, 15) is 9.59 Å². The second kappa shape index (κ2) is 11.7. The normalized spacial score (nSPS) is 14.8. The van der Waals surface area contributed by atoms with Gasteiger partial charge in [-0.2, -0.15) is 0 Å². The average Bonchev–Trinajstić information content (AvgIpc) is 2.79. The molecule has 0 radical (unpaired) electrons. The van der Waals surface area contributed by atoms with Gasteiger partial charge in [-0.1, -0.05) is 29.8 Å². The summed E-state index contributed by atoms with van der Waals surface area (Å²) in [5.74, 6) is 0.593. The van der Waals surface area contributed by atoms with Gasteiger partial charge in [-0.25, -0.2) is 0 Å². The third-order valence-electron chi connectivity index (χ3n) is 5.39. The summed E-state index contributed by atoms with van der Waals surface area (Å²) in [7, 11) is 0. The Morgan fingerprint density at radius 2 is 1.77 bits per heavy atom. The van der Waals surface area contributed by atoms with Crippen LogP contribution in [-0.2, 0) is 11.3 Å².